The van der Waals surface area contributed by atoms with Crippen molar-refractivity contribution < 1.29 is 14.6 Å². The van der Waals surface area contributed by atoms with Gasteiger partial charge in [0.2, 0.25) is 0 Å². The fourth-order valence-corrected chi connectivity index (χ4v) is 3.83. The molecule has 3 aromatic carbocycles. The van der Waals surface area contributed by atoms with E-state index < -0.39 is 12.1 Å². The van der Waals surface area contributed by atoms with E-state index in [0.717, 1.165) is 23.1 Å². The van der Waals surface area contributed by atoms with Crippen molar-refractivity contribution in [2.24, 2.45) is 0 Å². The highest BCUT2D eigenvalue weighted by Crippen LogP contribution is 2.40. The summed E-state index contributed by atoms with van der Waals surface area (Å²) >= 11 is 6.19. The Morgan fingerprint density at radius 3 is 2.61 bits per heavy atom. The van der Waals surface area contributed by atoms with E-state index >= 15 is 0 Å². The molecule has 0 aromatic heterocycles. The SMILES string of the molecule is O=C(OCc1ccccc1)N1CCc2ccccc2C1c1cc(Cl)ccc1O. The largest absolute Gasteiger partial charge is 0.508 e. The van der Waals surface area contributed by atoms with Gasteiger partial charge in [0.1, 0.15) is 12.4 Å². The number of nitrogens with zero attached hydrogens (tertiary/aromatic N) is 1. The molecule has 0 saturated heterocycles. The van der Waals surface area contributed by atoms with E-state index in [1.54, 1.807) is 23.1 Å². The fourth-order valence-electron chi connectivity index (χ4n) is 3.65. The number of rotatable bonds is 3. The van der Waals surface area contributed by atoms with Crippen LogP contribution in [0.1, 0.15) is 28.3 Å². The summed E-state index contributed by atoms with van der Waals surface area (Å²) < 4.78 is 5.58. The summed E-state index contributed by atoms with van der Waals surface area (Å²) in [4.78, 5) is 14.6. The lowest BCUT2D eigenvalue weighted by Crippen LogP contribution is -2.40. The van der Waals surface area contributed by atoms with Crippen molar-refractivity contribution in [3.05, 3.63) is 100 Å². The van der Waals surface area contributed by atoms with Crippen LogP contribution in [-0.4, -0.2) is 22.6 Å². The Bertz CT molecular complexity index is 990. The molecule has 142 valence electrons. The highest BCUT2D eigenvalue weighted by molar-refractivity contribution is 6.30. The van der Waals surface area contributed by atoms with Gasteiger partial charge in [-0.2, -0.15) is 0 Å². The van der Waals surface area contributed by atoms with Gasteiger partial charge >= 0.3 is 6.09 Å². The first-order valence-corrected chi connectivity index (χ1v) is 9.55. The zero-order valence-electron chi connectivity index (χ0n) is 15.2. The molecule has 0 aliphatic carbocycles. The number of carbonyl (C=O) groups excluding carboxylic acids is 1. The zero-order chi connectivity index (χ0) is 19.5. The maximum absolute atomic E-state index is 13.0. The molecule has 4 rings (SSSR count). The van der Waals surface area contributed by atoms with Gasteiger partial charge in [0.05, 0.1) is 6.04 Å². The number of fused-ring (bicyclic) bond motifs is 1. The molecule has 1 aliphatic rings. The van der Waals surface area contributed by atoms with E-state index in [1.165, 1.54) is 0 Å². The van der Waals surface area contributed by atoms with E-state index in [1.807, 2.05) is 48.5 Å². The van der Waals surface area contributed by atoms with Gasteiger partial charge in [0.25, 0.3) is 0 Å². The fraction of sp³-hybridized carbons (Fsp3) is 0.174. The lowest BCUT2D eigenvalue weighted by molar-refractivity contribution is 0.0833. The third kappa shape index (κ3) is 3.69. The van der Waals surface area contributed by atoms with Gasteiger partial charge in [-0.15, -0.1) is 0 Å². The summed E-state index contributed by atoms with van der Waals surface area (Å²) in [5.41, 5.74) is 3.65. The van der Waals surface area contributed by atoms with Gasteiger partial charge < -0.3 is 9.84 Å². The maximum Gasteiger partial charge on any atom is 0.410 e. The van der Waals surface area contributed by atoms with Crippen LogP contribution in [0.2, 0.25) is 5.02 Å². The third-order valence-electron chi connectivity index (χ3n) is 5.01. The Labute approximate surface area is 168 Å². The van der Waals surface area contributed by atoms with Gasteiger partial charge in [-0.05, 0) is 41.3 Å². The highest BCUT2D eigenvalue weighted by Gasteiger charge is 2.34. The zero-order valence-corrected chi connectivity index (χ0v) is 16.0. The smallest absolute Gasteiger partial charge is 0.410 e. The van der Waals surface area contributed by atoms with E-state index in [4.69, 9.17) is 16.3 Å². The summed E-state index contributed by atoms with van der Waals surface area (Å²) in [7, 11) is 0. The predicted octanol–water partition coefficient (Wildman–Crippen LogP) is 5.33. The Morgan fingerprint density at radius 1 is 1.04 bits per heavy atom. The monoisotopic (exact) mass is 393 g/mol. The number of hydrogen-bond acceptors (Lipinski definition) is 3. The van der Waals surface area contributed by atoms with Crippen LogP contribution in [0, 0.1) is 0 Å². The van der Waals surface area contributed by atoms with Gasteiger partial charge in [-0.3, -0.25) is 4.90 Å². The molecule has 0 fully saturated rings. The van der Waals surface area contributed by atoms with Crippen LogP contribution in [0.25, 0.3) is 0 Å². The van der Waals surface area contributed by atoms with E-state index in [2.05, 4.69) is 6.07 Å². The number of aromatic hydroxyl groups is 1. The molecule has 0 radical (unpaired) electrons. The number of ether oxygens (including phenoxy) is 1. The van der Waals surface area contributed by atoms with Crippen molar-refractivity contribution in [2.75, 3.05) is 6.54 Å². The minimum atomic E-state index is -0.452. The highest BCUT2D eigenvalue weighted by atomic mass is 35.5. The first kappa shape index (κ1) is 18.4. The molecule has 28 heavy (non-hydrogen) atoms. The minimum absolute atomic E-state index is 0.104. The van der Waals surface area contributed by atoms with Crippen LogP contribution in [0.3, 0.4) is 0 Å². The normalized spacial score (nSPS) is 15.8. The van der Waals surface area contributed by atoms with Crippen LogP contribution in [0.4, 0.5) is 4.79 Å². The average molecular weight is 394 g/mol. The number of phenolic OH excluding ortho intramolecular Hbond substituents is 1. The topological polar surface area (TPSA) is 49.8 Å². The molecule has 0 spiro atoms. The molecule has 1 N–H and O–H groups in total. The van der Waals surface area contributed by atoms with Gasteiger partial charge in [-0.1, -0.05) is 66.2 Å². The van der Waals surface area contributed by atoms with Crippen LogP contribution in [0.5, 0.6) is 5.75 Å². The van der Waals surface area contributed by atoms with Crippen LogP contribution in [0.15, 0.2) is 72.8 Å². The molecule has 0 bridgehead atoms. The van der Waals surface area contributed by atoms with Gasteiger partial charge in [0, 0.05) is 17.1 Å². The van der Waals surface area contributed by atoms with Crippen LogP contribution < -0.4 is 0 Å². The van der Waals surface area contributed by atoms with Crippen molar-refractivity contribution in [3.8, 4) is 5.75 Å². The number of hydrogen-bond donors (Lipinski definition) is 1. The summed E-state index contributed by atoms with van der Waals surface area (Å²) in [6, 6.07) is 22.0. The van der Waals surface area contributed by atoms with Crippen LogP contribution >= 0.6 is 11.6 Å². The first-order valence-electron chi connectivity index (χ1n) is 9.17. The number of halogens is 1. The van der Waals surface area contributed by atoms with Crippen molar-refractivity contribution in [2.45, 2.75) is 19.1 Å². The molecular formula is C23H20ClNO3. The summed E-state index contributed by atoms with van der Waals surface area (Å²) in [5.74, 6) is 0.104. The van der Waals surface area contributed by atoms with Crippen molar-refractivity contribution in [1.29, 1.82) is 0 Å². The lowest BCUT2D eigenvalue weighted by atomic mass is 9.88. The summed E-state index contributed by atoms with van der Waals surface area (Å²) in [5, 5.41) is 11.0. The summed E-state index contributed by atoms with van der Waals surface area (Å²) in [6.07, 6.45) is 0.316. The minimum Gasteiger partial charge on any atom is -0.508 e. The second-order valence-corrected chi connectivity index (χ2v) is 7.22. The number of amides is 1. The van der Waals surface area contributed by atoms with Gasteiger partial charge in [-0.25, -0.2) is 4.79 Å². The molecule has 5 heteroatoms. The Kier molecular flexibility index (Phi) is 5.22. The number of benzene rings is 3. The summed E-state index contributed by atoms with van der Waals surface area (Å²) in [6.45, 7) is 0.702. The van der Waals surface area contributed by atoms with Crippen molar-refractivity contribution in [3.63, 3.8) is 0 Å². The van der Waals surface area contributed by atoms with E-state index in [9.17, 15) is 9.90 Å². The number of carbonyl (C=O) groups is 1. The Balaban J connectivity index is 1.67. The quantitative estimate of drug-likeness (QED) is 0.654. The molecule has 0 saturated carbocycles. The maximum atomic E-state index is 13.0. The molecule has 1 heterocycles. The van der Waals surface area contributed by atoms with Crippen molar-refractivity contribution >= 4 is 17.7 Å². The third-order valence-corrected chi connectivity index (χ3v) is 5.24. The first-order chi connectivity index (χ1) is 13.6. The molecule has 1 unspecified atom stereocenters. The van der Waals surface area contributed by atoms with E-state index in [0.29, 0.717) is 17.1 Å². The standard InChI is InChI=1S/C23H20ClNO3/c24-18-10-11-21(26)20(14-18)22-19-9-5-4-8-17(19)12-13-25(22)23(27)28-15-16-6-2-1-3-7-16/h1-11,14,22,26H,12-13,15H2. The molecular weight excluding hydrogens is 374 g/mol. The molecule has 1 amide bonds. The van der Waals surface area contributed by atoms with Crippen LogP contribution in [-0.2, 0) is 17.8 Å². The average Bonchev–Trinajstić information content (AvgIpc) is 2.74. The second-order valence-electron chi connectivity index (χ2n) is 6.79. The molecule has 1 aliphatic heterocycles. The molecule has 4 nitrogen and oxygen atoms in total. The number of phenols is 1. The Hall–Kier alpha value is -2.98. The molecule has 3 aromatic rings. The van der Waals surface area contributed by atoms with Crippen molar-refractivity contribution in [1.82, 2.24) is 4.90 Å². The second kappa shape index (κ2) is 7.95. The lowest BCUT2D eigenvalue weighted by Gasteiger charge is -2.37. The molecule has 1 atom stereocenters. The van der Waals surface area contributed by atoms with E-state index in [-0.39, 0.29) is 12.4 Å². The Morgan fingerprint density at radius 2 is 1.79 bits per heavy atom. The predicted molar refractivity (Wildman–Crippen MR) is 108 cm³/mol. The van der Waals surface area contributed by atoms with Gasteiger partial charge in [0.15, 0.2) is 0 Å².